The number of benzene rings is 2. The van der Waals surface area contributed by atoms with Gasteiger partial charge in [0.1, 0.15) is 0 Å². The Labute approximate surface area is 158 Å². The first-order valence-electron chi connectivity index (χ1n) is 8.66. The molecule has 2 amide bonds. The van der Waals surface area contributed by atoms with Crippen molar-refractivity contribution in [2.24, 2.45) is 0 Å². The van der Waals surface area contributed by atoms with Crippen molar-refractivity contribution < 1.29 is 18.0 Å². The molecule has 2 aromatic carbocycles. The van der Waals surface area contributed by atoms with Gasteiger partial charge >= 0.3 is 0 Å². The lowest BCUT2D eigenvalue weighted by atomic mass is 10.2. The lowest BCUT2D eigenvalue weighted by Gasteiger charge is -2.16. The van der Waals surface area contributed by atoms with Crippen LogP contribution in [0.15, 0.2) is 59.5 Å². The number of carbonyl (C=O) groups is 2. The van der Waals surface area contributed by atoms with Gasteiger partial charge in [-0.2, -0.15) is 0 Å². The number of hydrogen-bond acceptors (Lipinski definition) is 4. The van der Waals surface area contributed by atoms with E-state index < -0.39 is 15.9 Å². The standard InChI is InChI=1S/C19H21N3O4S/c23-18(20-13-15-5-2-1-3-6-15)14-21-27(25,26)17-10-8-16(9-11-17)22-12-4-7-19(22)24/h1-3,5-6,8-11,21H,4,7,12-14H2,(H,20,23). The van der Waals surface area contributed by atoms with E-state index in [2.05, 4.69) is 10.0 Å². The summed E-state index contributed by atoms with van der Waals surface area (Å²) in [5, 5.41) is 2.66. The van der Waals surface area contributed by atoms with Gasteiger partial charge in [0.25, 0.3) is 0 Å². The van der Waals surface area contributed by atoms with Gasteiger partial charge in [-0.25, -0.2) is 13.1 Å². The number of hydrogen-bond donors (Lipinski definition) is 2. The average molecular weight is 387 g/mol. The monoisotopic (exact) mass is 387 g/mol. The van der Waals surface area contributed by atoms with Crippen LogP contribution >= 0.6 is 0 Å². The first kappa shape index (κ1) is 19.1. The third kappa shape index (κ3) is 4.93. The minimum absolute atomic E-state index is 0.0406. The molecule has 3 rings (SSSR count). The normalized spacial score (nSPS) is 14.4. The number of nitrogens with one attached hydrogen (secondary N) is 2. The Morgan fingerprint density at radius 2 is 1.74 bits per heavy atom. The van der Waals surface area contributed by atoms with E-state index in [1.807, 2.05) is 30.3 Å². The molecule has 0 bridgehead atoms. The maximum absolute atomic E-state index is 12.3. The van der Waals surface area contributed by atoms with Crippen LogP contribution in [0.25, 0.3) is 0 Å². The van der Waals surface area contributed by atoms with E-state index in [-0.39, 0.29) is 17.3 Å². The molecule has 2 aromatic rings. The molecule has 0 aliphatic carbocycles. The summed E-state index contributed by atoms with van der Waals surface area (Å²) in [6.07, 6.45) is 1.32. The summed E-state index contributed by atoms with van der Waals surface area (Å²) in [7, 11) is -3.81. The maximum Gasteiger partial charge on any atom is 0.241 e. The molecular weight excluding hydrogens is 366 g/mol. The average Bonchev–Trinajstić information content (AvgIpc) is 3.11. The maximum atomic E-state index is 12.3. The third-order valence-electron chi connectivity index (χ3n) is 4.29. The zero-order valence-electron chi connectivity index (χ0n) is 14.7. The fourth-order valence-electron chi connectivity index (χ4n) is 2.83. The van der Waals surface area contributed by atoms with Gasteiger partial charge in [0.2, 0.25) is 21.8 Å². The molecule has 0 saturated carbocycles. The van der Waals surface area contributed by atoms with Gasteiger partial charge in [0.15, 0.2) is 0 Å². The van der Waals surface area contributed by atoms with E-state index in [1.165, 1.54) is 12.1 Å². The number of carbonyl (C=O) groups excluding carboxylic acids is 2. The van der Waals surface area contributed by atoms with Crippen molar-refractivity contribution in [3.63, 3.8) is 0 Å². The molecule has 1 aliphatic rings. The lowest BCUT2D eigenvalue weighted by Crippen LogP contribution is -2.36. The highest BCUT2D eigenvalue weighted by atomic mass is 32.2. The van der Waals surface area contributed by atoms with Gasteiger partial charge in [-0.1, -0.05) is 30.3 Å². The Morgan fingerprint density at radius 1 is 1.04 bits per heavy atom. The fraction of sp³-hybridized carbons (Fsp3) is 0.263. The van der Waals surface area contributed by atoms with E-state index in [4.69, 9.17) is 0 Å². The highest BCUT2D eigenvalue weighted by molar-refractivity contribution is 7.89. The SMILES string of the molecule is O=C(CNS(=O)(=O)c1ccc(N2CCCC2=O)cc1)NCc1ccccc1. The molecule has 0 radical (unpaired) electrons. The van der Waals surface area contributed by atoms with Crippen LogP contribution in [0.2, 0.25) is 0 Å². The van der Waals surface area contributed by atoms with Gasteiger partial charge in [0.05, 0.1) is 11.4 Å². The van der Waals surface area contributed by atoms with Crippen LogP contribution in [0.3, 0.4) is 0 Å². The van der Waals surface area contributed by atoms with Crippen LogP contribution in [0, 0.1) is 0 Å². The summed E-state index contributed by atoms with van der Waals surface area (Å²) in [4.78, 5) is 25.3. The zero-order valence-corrected chi connectivity index (χ0v) is 15.5. The molecule has 0 spiro atoms. The van der Waals surface area contributed by atoms with Gasteiger partial charge < -0.3 is 10.2 Å². The molecule has 1 heterocycles. The number of rotatable bonds is 7. The third-order valence-corrected chi connectivity index (χ3v) is 5.70. The molecule has 1 saturated heterocycles. The molecular formula is C19H21N3O4S. The minimum atomic E-state index is -3.81. The minimum Gasteiger partial charge on any atom is -0.351 e. The highest BCUT2D eigenvalue weighted by Gasteiger charge is 2.22. The van der Waals surface area contributed by atoms with E-state index >= 15 is 0 Å². The van der Waals surface area contributed by atoms with Crippen molar-refractivity contribution in [1.29, 1.82) is 0 Å². The molecule has 27 heavy (non-hydrogen) atoms. The van der Waals surface area contributed by atoms with Gasteiger partial charge in [-0.15, -0.1) is 0 Å². The second-order valence-corrected chi connectivity index (χ2v) is 8.00. The molecule has 2 N–H and O–H groups in total. The summed E-state index contributed by atoms with van der Waals surface area (Å²) in [5.41, 5.74) is 1.61. The number of anilines is 1. The summed E-state index contributed by atoms with van der Waals surface area (Å²) >= 11 is 0. The van der Waals surface area contributed by atoms with Crippen molar-refractivity contribution in [2.75, 3.05) is 18.0 Å². The molecule has 7 nitrogen and oxygen atoms in total. The van der Waals surface area contributed by atoms with Crippen LogP contribution < -0.4 is 14.9 Å². The molecule has 0 aromatic heterocycles. The quantitative estimate of drug-likeness (QED) is 0.751. The van der Waals surface area contributed by atoms with E-state index in [9.17, 15) is 18.0 Å². The van der Waals surface area contributed by atoms with E-state index in [0.29, 0.717) is 25.2 Å². The van der Waals surface area contributed by atoms with Crippen LogP contribution in [-0.2, 0) is 26.2 Å². The lowest BCUT2D eigenvalue weighted by molar-refractivity contribution is -0.120. The Kier molecular flexibility index (Phi) is 5.88. The molecule has 1 fully saturated rings. The molecule has 8 heteroatoms. The van der Waals surface area contributed by atoms with Crippen LogP contribution in [0.4, 0.5) is 5.69 Å². The van der Waals surface area contributed by atoms with Crippen molar-refractivity contribution in [3.8, 4) is 0 Å². The van der Waals surface area contributed by atoms with Gasteiger partial charge in [-0.3, -0.25) is 9.59 Å². The first-order chi connectivity index (χ1) is 13.0. The Hall–Kier alpha value is -2.71. The number of sulfonamides is 1. The van der Waals surface area contributed by atoms with Crippen molar-refractivity contribution in [1.82, 2.24) is 10.0 Å². The molecule has 0 atom stereocenters. The second kappa shape index (κ2) is 8.32. The fourth-order valence-corrected chi connectivity index (χ4v) is 3.81. The van der Waals surface area contributed by atoms with Crippen molar-refractivity contribution in [2.45, 2.75) is 24.3 Å². The van der Waals surface area contributed by atoms with Crippen LogP contribution in [0.1, 0.15) is 18.4 Å². The molecule has 142 valence electrons. The van der Waals surface area contributed by atoms with Crippen LogP contribution in [-0.4, -0.2) is 33.3 Å². The summed E-state index contributed by atoms with van der Waals surface area (Å²) in [6, 6.07) is 15.4. The van der Waals surface area contributed by atoms with E-state index in [1.54, 1.807) is 17.0 Å². The summed E-state index contributed by atoms with van der Waals surface area (Å²) < 4.78 is 27.0. The van der Waals surface area contributed by atoms with Crippen molar-refractivity contribution in [3.05, 3.63) is 60.2 Å². The number of amides is 2. The smallest absolute Gasteiger partial charge is 0.241 e. The van der Waals surface area contributed by atoms with Gasteiger partial charge in [-0.05, 0) is 36.2 Å². The predicted molar refractivity (Wildman–Crippen MR) is 102 cm³/mol. The summed E-state index contributed by atoms with van der Waals surface area (Å²) in [5.74, 6) is -0.375. The van der Waals surface area contributed by atoms with E-state index in [0.717, 1.165) is 12.0 Å². The van der Waals surface area contributed by atoms with Crippen LogP contribution in [0.5, 0.6) is 0 Å². The predicted octanol–water partition coefficient (Wildman–Crippen LogP) is 1.41. The Balaban J connectivity index is 1.54. The zero-order chi connectivity index (χ0) is 19.3. The largest absolute Gasteiger partial charge is 0.351 e. The Morgan fingerprint density at radius 3 is 2.37 bits per heavy atom. The Bertz CT molecular complexity index is 912. The second-order valence-electron chi connectivity index (χ2n) is 6.23. The molecule has 1 aliphatic heterocycles. The van der Waals surface area contributed by atoms with Gasteiger partial charge in [0, 0.05) is 25.2 Å². The summed E-state index contributed by atoms with van der Waals surface area (Å²) in [6.45, 7) is 0.631. The molecule has 0 unspecified atom stereocenters. The highest BCUT2D eigenvalue weighted by Crippen LogP contribution is 2.22. The number of nitrogens with zero attached hydrogens (tertiary/aromatic N) is 1. The first-order valence-corrected chi connectivity index (χ1v) is 10.1. The van der Waals surface area contributed by atoms with Crippen molar-refractivity contribution >= 4 is 27.5 Å². The topological polar surface area (TPSA) is 95.6 Å².